The summed E-state index contributed by atoms with van der Waals surface area (Å²) in [6, 6.07) is 6.91. The predicted octanol–water partition coefficient (Wildman–Crippen LogP) is 2.21. The number of anilines is 2. The number of benzene rings is 1. The van der Waals surface area contributed by atoms with Crippen LogP contribution in [0.3, 0.4) is 0 Å². The number of nitrogen functional groups attached to an aromatic ring is 1. The van der Waals surface area contributed by atoms with E-state index < -0.39 is 9.84 Å². The van der Waals surface area contributed by atoms with E-state index in [2.05, 4.69) is 0 Å². The first kappa shape index (κ1) is 14.5. The van der Waals surface area contributed by atoms with Gasteiger partial charge in [0.15, 0.2) is 9.84 Å². The van der Waals surface area contributed by atoms with Gasteiger partial charge in [0.2, 0.25) is 0 Å². The smallest absolute Gasteiger partial charge is 0.177 e. The lowest BCUT2D eigenvalue weighted by atomic mass is 10.2. The second-order valence-electron chi connectivity index (χ2n) is 4.82. The first-order valence-corrected chi connectivity index (χ1v) is 8.02. The largest absolute Gasteiger partial charge is 0.469 e. The molecule has 0 unspecified atom stereocenters. The van der Waals surface area contributed by atoms with Crippen LogP contribution in [-0.4, -0.2) is 21.7 Å². The summed E-state index contributed by atoms with van der Waals surface area (Å²) in [5, 5.41) is 0. The minimum absolute atomic E-state index is 0.158. The highest BCUT2D eigenvalue weighted by Crippen LogP contribution is 2.30. The Morgan fingerprint density at radius 2 is 2.00 bits per heavy atom. The zero-order valence-electron chi connectivity index (χ0n) is 11.8. The Morgan fingerprint density at radius 1 is 1.30 bits per heavy atom. The van der Waals surface area contributed by atoms with Gasteiger partial charge in [0.05, 0.1) is 22.5 Å². The highest BCUT2D eigenvalue weighted by molar-refractivity contribution is 7.90. The topological polar surface area (TPSA) is 76.5 Å². The van der Waals surface area contributed by atoms with E-state index in [0.717, 1.165) is 17.6 Å². The summed E-state index contributed by atoms with van der Waals surface area (Å²) >= 11 is 0. The molecule has 5 nitrogen and oxygen atoms in total. The average Bonchev–Trinajstić information content (AvgIpc) is 2.73. The number of sulfone groups is 1. The van der Waals surface area contributed by atoms with E-state index in [9.17, 15) is 8.42 Å². The molecule has 1 heterocycles. The summed E-state index contributed by atoms with van der Waals surface area (Å²) in [5.41, 5.74) is 8.00. The van der Waals surface area contributed by atoms with Crippen LogP contribution in [0.2, 0.25) is 0 Å². The molecule has 0 aliphatic heterocycles. The molecule has 0 aliphatic carbocycles. The van der Waals surface area contributed by atoms with Crippen molar-refractivity contribution in [3.63, 3.8) is 0 Å². The molecule has 2 aromatic rings. The zero-order chi connectivity index (χ0) is 14.9. The SMILES string of the molecule is Cc1occc1CN(C)c1cccc(S(C)(=O)=O)c1N. The van der Waals surface area contributed by atoms with Crippen molar-refractivity contribution in [1.29, 1.82) is 0 Å². The molecule has 0 fully saturated rings. The third kappa shape index (κ3) is 2.80. The van der Waals surface area contributed by atoms with E-state index in [4.69, 9.17) is 10.2 Å². The Hall–Kier alpha value is -1.95. The molecule has 0 saturated heterocycles. The van der Waals surface area contributed by atoms with Crippen LogP contribution in [-0.2, 0) is 16.4 Å². The van der Waals surface area contributed by atoms with E-state index in [1.54, 1.807) is 18.4 Å². The molecule has 0 amide bonds. The van der Waals surface area contributed by atoms with Gasteiger partial charge in [-0.15, -0.1) is 0 Å². The van der Waals surface area contributed by atoms with Crippen LogP contribution in [0.15, 0.2) is 39.8 Å². The fraction of sp³-hybridized carbons (Fsp3) is 0.286. The van der Waals surface area contributed by atoms with Gasteiger partial charge in [-0.2, -0.15) is 0 Å². The van der Waals surface area contributed by atoms with E-state index in [1.807, 2.05) is 24.9 Å². The van der Waals surface area contributed by atoms with Gasteiger partial charge in [-0.25, -0.2) is 8.42 Å². The number of rotatable bonds is 4. The van der Waals surface area contributed by atoms with Gasteiger partial charge in [-0.1, -0.05) is 6.07 Å². The molecule has 20 heavy (non-hydrogen) atoms. The van der Waals surface area contributed by atoms with Crippen molar-refractivity contribution >= 4 is 21.2 Å². The Morgan fingerprint density at radius 3 is 2.55 bits per heavy atom. The second-order valence-corrected chi connectivity index (χ2v) is 6.80. The van der Waals surface area contributed by atoms with Crippen LogP contribution < -0.4 is 10.6 Å². The molecule has 0 spiro atoms. The Kier molecular flexibility index (Phi) is 3.76. The molecule has 0 bridgehead atoms. The third-order valence-corrected chi connectivity index (χ3v) is 4.38. The van der Waals surface area contributed by atoms with Crippen LogP contribution in [0.25, 0.3) is 0 Å². The van der Waals surface area contributed by atoms with Crippen LogP contribution in [0.5, 0.6) is 0 Å². The lowest BCUT2D eigenvalue weighted by molar-refractivity contribution is 0.529. The van der Waals surface area contributed by atoms with Crippen molar-refractivity contribution in [2.24, 2.45) is 0 Å². The maximum Gasteiger partial charge on any atom is 0.177 e. The van der Waals surface area contributed by atoms with Crippen molar-refractivity contribution in [3.05, 3.63) is 41.9 Å². The van der Waals surface area contributed by atoms with E-state index >= 15 is 0 Å². The van der Waals surface area contributed by atoms with Gasteiger partial charge in [-0.3, -0.25) is 0 Å². The molecule has 0 radical (unpaired) electrons. The Labute approximate surface area is 118 Å². The maximum absolute atomic E-state index is 11.7. The zero-order valence-corrected chi connectivity index (χ0v) is 12.6. The van der Waals surface area contributed by atoms with Crippen molar-refractivity contribution in [2.45, 2.75) is 18.4 Å². The fourth-order valence-corrected chi connectivity index (χ4v) is 2.93. The summed E-state index contributed by atoms with van der Waals surface area (Å²) in [6.07, 6.45) is 2.79. The molecule has 1 aromatic heterocycles. The van der Waals surface area contributed by atoms with Crippen LogP contribution in [0, 0.1) is 6.92 Å². The lowest BCUT2D eigenvalue weighted by Gasteiger charge is -2.22. The van der Waals surface area contributed by atoms with Crippen LogP contribution >= 0.6 is 0 Å². The molecule has 108 valence electrons. The average molecular weight is 294 g/mol. The van der Waals surface area contributed by atoms with Gasteiger partial charge in [0.25, 0.3) is 0 Å². The first-order valence-electron chi connectivity index (χ1n) is 6.13. The summed E-state index contributed by atoms with van der Waals surface area (Å²) in [5.74, 6) is 0.842. The van der Waals surface area contributed by atoms with E-state index in [1.165, 1.54) is 6.07 Å². The normalized spacial score (nSPS) is 11.6. The minimum Gasteiger partial charge on any atom is -0.469 e. The molecule has 0 saturated carbocycles. The van der Waals surface area contributed by atoms with Crippen LogP contribution in [0.1, 0.15) is 11.3 Å². The summed E-state index contributed by atoms with van der Waals surface area (Å²) < 4.78 is 28.6. The molecule has 0 aliphatic rings. The lowest BCUT2D eigenvalue weighted by Crippen LogP contribution is -2.19. The molecule has 2 rings (SSSR count). The van der Waals surface area contributed by atoms with E-state index in [0.29, 0.717) is 12.2 Å². The minimum atomic E-state index is -3.33. The van der Waals surface area contributed by atoms with Gasteiger partial charge >= 0.3 is 0 Å². The van der Waals surface area contributed by atoms with Crippen LogP contribution in [0.4, 0.5) is 11.4 Å². The van der Waals surface area contributed by atoms with E-state index in [-0.39, 0.29) is 10.6 Å². The number of hydrogen-bond acceptors (Lipinski definition) is 5. The Bertz CT molecular complexity index is 720. The molecule has 6 heteroatoms. The van der Waals surface area contributed by atoms with Crippen molar-refractivity contribution in [1.82, 2.24) is 0 Å². The highest BCUT2D eigenvalue weighted by atomic mass is 32.2. The maximum atomic E-state index is 11.7. The van der Waals surface area contributed by atoms with Gasteiger partial charge in [-0.05, 0) is 25.1 Å². The highest BCUT2D eigenvalue weighted by Gasteiger charge is 2.16. The van der Waals surface area contributed by atoms with Gasteiger partial charge in [0.1, 0.15) is 5.76 Å². The van der Waals surface area contributed by atoms with Crippen molar-refractivity contribution in [3.8, 4) is 0 Å². The monoisotopic (exact) mass is 294 g/mol. The number of nitrogens with two attached hydrogens (primary N) is 1. The van der Waals surface area contributed by atoms with Gasteiger partial charge < -0.3 is 15.1 Å². The molecule has 1 aromatic carbocycles. The summed E-state index contributed by atoms with van der Waals surface area (Å²) in [6.45, 7) is 2.49. The quantitative estimate of drug-likeness (QED) is 0.875. The summed E-state index contributed by atoms with van der Waals surface area (Å²) in [7, 11) is -1.46. The van der Waals surface area contributed by atoms with Crippen molar-refractivity contribution in [2.75, 3.05) is 23.9 Å². The number of furan rings is 1. The number of para-hydroxylation sites is 1. The van der Waals surface area contributed by atoms with Gasteiger partial charge in [0, 0.05) is 25.4 Å². The number of hydrogen-bond donors (Lipinski definition) is 1. The van der Waals surface area contributed by atoms with Crippen molar-refractivity contribution < 1.29 is 12.8 Å². The number of nitrogens with zero attached hydrogens (tertiary/aromatic N) is 1. The number of aryl methyl sites for hydroxylation is 1. The molecule has 0 atom stereocenters. The third-order valence-electron chi connectivity index (χ3n) is 3.23. The molecular formula is C14H18N2O3S. The standard InChI is InChI=1S/C14H18N2O3S/c1-10-11(7-8-19-10)9-16(2)12-5-4-6-13(14(12)15)20(3,17)18/h4-8H,9,15H2,1-3H3. The summed E-state index contributed by atoms with van der Waals surface area (Å²) in [4.78, 5) is 2.06. The predicted molar refractivity (Wildman–Crippen MR) is 79.5 cm³/mol. The first-order chi connectivity index (χ1) is 9.30. The second kappa shape index (κ2) is 5.20. The Balaban J connectivity index is 2.36. The molecular weight excluding hydrogens is 276 g/mol. The fourth-order valence-electron chi connectivity index (χ4n) is 2.10. The molecule has 2 N–H and O–H groups in total.